The third-order valence-electron chi connectivity index (χ3n) is 5.39. The van der Waals surface area contributed by atoms with Crippen LogP contribution in [0.3, 0.4) is 0 Å². The zero-order valence-corrected chi connectivity index (χ0v) is 15.5. The Morgan fingerprint density at radius 3 is 3.00 bits per heavy atom. The predicted octanol–water partition coefficient (Wildman–Crippen LogP) is 2.69. The van der Waals surface area contributed by atoms with E-state index in [9.17, 15) is 4.79 Å². The van der Waals surface area contributed by atoms with E-state index in [1.54, 1.807) is 0 Å². The highest BCUT2D eigenvalue weighted by Crippen LogP contribution is 2.31. The quantitative estimate of drug-likeness (QED) is 0.711. The zero-order chi connectivity index (χ0) is 16.8. The Morgan fingerprint density at radius 2 is 2.21 bits per heavy atom. The molecule has 2 atom stereocenters. The molecule has 24 heavy (non-hydrogen) atoms. The first kappa shape index (κ1) is 17.7. The summed E-state index contributed by atoms with van der Waals surface area (Å²) >= 11 is 1.93. The van der Waals surface area contributed by atoms with Gasteiger partial charge < -0.3 is 9.80 Å². The lowest BCUT2D eigenvalue weighted by Gasteiger charge is -2.47. The van der Waals surface area contributed by atoms with Crippen molar-refractivity contribution < 1.29 is 4.79 Å². The zero-order valence-electron chi connectivity index (χ0n) is 14.7. The maximum Gasteiger partial charge on any atom is 0.222 e. The van der Waals surface area contributed by atoms with Crippen LogP contribution in [0, 0.1) is 5.92 Å². The Hall–Kier alpha value is -1.07. The number of likely N-dealkylation sites (tertiary alicyclic amines) is 2. The van der Waals surface area contributed by atoms with Gasteiger partial charge in [-0.25, -0.2) is 0 Å². The normalized spacial score (nSPS) is 24.9. The average molecular weight is 348 g/mol. The number of hydrogen-bond donors (Lipinski definition) is 0. The maximum atomic E-state index is 12.5. The Labute approximate surface area is 150 Å². The molecule has 132 valence electrons. The predicted molar refractivity (Wildman–Crippen MR) is 100 cm³/mol. The SMILES string of the molecule is CSCCCN1CC[C@@H]2[C@@H](CCC(=O)N2CCc2ccccn2)C1. The Bertz CT molecular complexity index is 525. The van der Waals surface area contributed by atoms with Gasteiger partial charge in [0.1, 0.15) is 0 Å². The highest BCUT2D eigenvalue weighted by atomic mass is 32.2. The smallest absolute Gasteiger partial charge is 0.222 e. The molecule has 5 heteroatoms. The fourth-order valence-electron chi connectivity index (χ4n) is 4.13. The number of amides is 1. The average Bonchev–Trinajstić information content (AvgIpc) is 2.62. The van der Waals surface area contributed by atoms with E-state index < -0.39 is 0 Å². The van der Waals surface area contributed by atoms with Crippen LogP contribution < -0.4 is 0 Å². The molecule has 4 nitrogen and oxygen atoms in total. The molecule has 0 unspecified atom stereocenters. The molecule has 2 fully saturated rings. The number of aromatic nitrogens is 1. The van der Waals surface area contributed by atoms with Crippen molar-refractivity contribution in [2.75, 3.05) is 38.2 Å². The van der Waals surface area contributed by atoms with Crippen LogP contribution in [0.1, 0.15) is 31.4 Å². The molecule has 2 aliphatic rings. The second-order valence-corrected chi connectivity index (χ2v) is 7.95. The van der Waals surface area contributed by atoms with Gasteiger partial charge in [0.05, 0.1) is 0 Å². The first-order chi connectivity index (χ1) is 11.8. The number of carbonyl (C=O) groups is 1. The highest BCUT2D eigenvalue weighted by Gasteiger charge is 2.38. The van der Waals surface area contributed by atoms with Crippen molar-refractivity contribution in [3.63, 3.8) is 0 Å². The van der Waals surface area contributed by atoms with Crippen LogP contribution in [0.4, 0.5) is 0 Å². The van der Waals surface area contributed by atoms with Crippen LogP contribution in [-0.4, -0.2) is 64.9 Å². The number of thioether (sulfide) groups is 1. The van der Waals surface area contributed by atoms with Crippen molar-refractivity contribution in [2.24, 2.45) is 5.92 Å². The molecule has 2 saturated heterocycles. The fraction of sp³-hybridized carbons (Fsp3) is 0.684. The molecule has 0 saturated carbocycles. The summed E-state index contributed by atoms with van der Waals surface area (Å²) in [4.78, 5) is 21.6. The van der Waals surface area contributed by atoms with E-state index in [0.717, 1.165) is 44.5 Å². The number of fused-ring (bicyclic) bond motifs is 1. The van der Waals surface area contributed by atoms with Crippen molar-refractivity contribution in [1.29, 1.82) is 0 Å². The van der Waals surface area contributed by atoms with Crippen LogP contribution in [-0.2, 0) is 11.2 Å². The van der Waals surface area contributed by atoms with Gasteiger partial charge in [0.2, 0.25) is 5.91 Å². The van der Waals surface area contributed by atoms with Gasteiger partial charge in [-0.05, 0) is 55.9 Å². The number of hydrogen-bond acceptors (Lipinski definition) is 4. The lowest BCUT2D eigenvalue weighted by molar-refractivity contribution is -0.141. The summed E-state index contributed by atoms with van der Waals surface area (Å²) in [7, 11) is 0. The monoisotopic (exact) mass is 347 g/mol. The van der Waals surface area contributed by atoms with Gasteiger partial charge in [0.25, 0.3) is 0 Å². The minimum absolute atomic E-state index is 0.350. The van der Waals surface area contributed by atoms with Crippen molar-refractivity contribution in [3.8, 4) is 0 Å². The van der Waals surface area contributed by atoms with Gasteiger partial charge in [-0.15, -0.1) is 0 Å². The Morgan fingerprint density at radius 1 is 1.29 bits per heavy atom. The number of pyridine rings is 1. The standard InChI is InChI=1S/C19H29N3OS/c1-24-14-4-11-21-12-9-18-16(15-21)6-7-19(23)22(18)13-8-17-5-2-3-10-20-17/h2-3,5,10,16,18H,4,6-9,11-15H2,1H3/t16-,18+/m0/s1. The lowest BCUT2D eigenvalue weighted by atomic mass is 9.83. The number of rotatable bonds is 7. The summed E-state index contributed by atoms with van der Waals surface area (Å²) in [5.74, 6) is 2.26. The Kier molecular flexibility index (Phi) is 6.55. The second kappa shape index (κ2) is 8.86. The van der Waals surface area contributed by atoms with Crippen LogP contribution in [0.5, 0.6) is 0 Å². The number of nitrogens with zero attached hydrogens (tertiary/aromatic N) is 3. The van der Waals surface area contributed by atoms with Gasteiger partial charge in [0, 0.05) is 50.4 Å². The molecule has 0 N–H and O–H groups in total. The minimum atomic E-state index is 0.350. The summed E-state index contributed by atoms with van der Waals surface area (Å²) in [6.45, 7) is 4.35. The number of carbonyl (C=O) groups excluding carboxylic acids is 1. The van der Waals surface area contributed by atoms with Gasteiger partial charge in [-0.1, -0.05) is 6.07 Å². The largest absolute Gasteiger partial charge is 0.339 e. The molecule has 1 amide bonds. The summed E-state index contributed by atoms with van der Waals surface area (Å²) in [5, 5.41) is 0. The lowest BCUT2D eigenvalue weighted by Crippen LogP contribution is -2.56. The first-order valence-corrected chi connectivity index (χ1v) is 10.6. The van der Waals surface area contributed by atoms with Gasteiger partial charge in [-0.3, -0.25) is 9.78 Å². The van der Waals surface area contributed by atoms with Crippen LogP contribution in [0.2, 0.25) is 0 Å². The molecule has 2 aliphatic heterocycles. The summed E-state index contributed by atoms with van der Waals surface area (Å²) in [6.07, 6.45) is 9.10. The molecular weight excluding hydrogens is 318 g/mol. The topological polar surface area (TPSA) is 36.4 Å². The molecular formula is C19H29N3OS. The molecule has 1 aromatic heterocycles. The summed E-state index contributed by atoms with van der Waals surface area (Å²) in [5.41, 5.74) is 1.09. The van der Waals surface area contributed by atoms with E-state index in [1.165, 1.54) is 25.3 Å². The fourth-order valence-corrected chi connectivity index (χ4v) is 4.55. The summed E-state index contributed by atoms with van der Waals surface area (Å²) < 4.78 is 0. The van der Waals surface area contributed by atoms with E-state index in [-0.39, 0.29) is 0 Å². The van der Waals surface area contributed by atoms with Crippen molar-refractivity contribution in [1.82, 2.24) is 14.8 Å². The molecule has 0 bridgehead atoms. The molecule has 0 aromatic carbocycles. The van der Waals surface area contributed by atoms with E-state index in [2.05, 4.69) is 27.1 Å². The van der Waals surface area contributed by atoms with Gasteiger partial charge in [0.15, 0.2) is 0 Å². The van der Waals surface area contributed by atoms with Crippen molar-refractivity contribution >= 4 is 17.7 Å². The van der Waals surface area contributed by atoms with E-state index >= 15 is 0 Å². The Balaban J connectivity index is 1.54. The maximum absolute atomic E-state index is 12.5. The molecule has 3 rings (SSSR count). The van der Waals surface area contributed by atoms with Gasteiger partial charge >= 0.3 is 0 Å². The van der Waals surface area contributed by atoms with E-state index in [4.69, 9.17) is 0 Å². The molecule has 0 radical (unpaired) electrons. The van der Waals surface area contributed by atoms with Crippen LogP contribution >= 0.6 is 11.8 Å². The van der Waals surface area contributed by atoms with E-state index in [0.29, 0.717) is 17.9 Å². The highest BCUT2D eigenvalue weighted by molar-refractivity contribution is 7.98. The minimum Gasteiger partial charge on any atom is -0.339 e. The first-order valence-electron chi connectivity index (χ1n) is 9.18. The van der Waals surface area contributed by atoms with Crippen LogP contribution in [0.15, 0.2) is 24.4 Å². The second-order valence-electron chi connectivity index (χ2n) is 6.96. The molecule has 0 spiro atoms. The number of piperidine rings is 2. The van der Waals surface area contributed by atoms with Gasteiger partial charge in [-0.2, -0.15) is 11.8 Å². The molecule has 3 heterocycles. The molecule has 0 aliphatic carbocycles. The third kappa shape index (κ3) is 4.51. The van der Waals surface area contributed by atoms with E-state index in [1.807, 2.05) is 30.1 Å². The van der Waals surface area contributed by atoms with Crippen molar-refractivity contribution in [2.45, 2.75) is 38.1 Å². The summed E-state index contributed by atoms with van der Waals surface area (Å²) in [6, 6.07) is 6.47. The third-order valence-corrected chi connectivity index (χ3v) is 6.08. The van der Waals surface area contributed by atoms with Crippen molar-refractivity contribution in [3.05, 3.63) is 30.1 Å². The van der Waals surface area contributed by atoms with Crippen LogP contribution in [0.25, 0.3) is 0 Å². The molecule has 1 aromatic rings.